The predicted octanol–water partition coefficient (Wildman–Crippen LogP) is 3.19. The van der Waals surface area contributed by atoms with Crippen molar-refractivity contribution in [1.29, 1.82) is 0 Å². The van der Waals surface area contributed by atoms with E-state index in [-0.39, 0.29) is 6.42 Å². The van der Waals surface area contributed by atoms with Gasteiger partial charge in [0, 0.05) is 11.4 Å². The van der Waals surface area contributed by atoms with Gasteiger partial charge in [0.2, 0.25) is 0 Å². The summed E-state index contributed by atoms with van der Waals surface area (Å²) < 4.78 is 0. The average Bonchev–Trinajstić information content (AvgIpc) is 2.10. The molecule has 0 fully saturated rings. The van der Waals surface area contributed by atoms with Gasteiger partial charge < -0.3 is 5.11 Å². The summed E-state index contributed by atoms with van der Waals surface area (Å²) in [7, 11) is 0. The molecule has 1 unspecified atom stereocenters. The number of halogens is 2. The van der Waals surface area contributed by atoms with E-state index >= 15 is 0 Å². The zero-order chi connectivity index (χ0) is 11.6. The second kappa shape index (κ2) is 4.86. The van der Waals surface area contributed by atoms with E-state index in [1.165, 1.54) is 0 Å². The van der Waals surface area contributed by atoms with E-state index in [9.17, 15) is 4.79 Å². The van der Waals surface area contributed by atoms with Crippen molar-refractivity contribution in [1.82, 2.24) is 0 Å². The molecule has 1 rings (SSSR count). The van der Waals surface area contributed by atoms with Crippen molar-refractivity contribution >= 4 is 29.2 Å². The van der Waals surface area contributed by atoms with E-state index in [0.29, 0.717) is 5.02 Å². The van der Waals surface area contributed by atoms with Gasteiger partial charge in [-0.2, -0.15) is 0 Å². The fraction of sp³-hybridized carbons (Fsp3) is 0.364. The Labute approximate surface area is 98.8 Å². The lowest BCUT2D eigenvalue weighted by atomic mass is 10.0. The molecule has 0 spiro atoms. The Bertz CT molecular complexity index is 365. The van der Waals surface area contributed by atoms with Gasteiger partial charge in [0.05, 0.1) is 0 Å². The van der Waals surface area contributed by atoms with Crippen LogP contribution in [0.2, 0.25) is 5.02 Å². The molecule has 82 valence electrons. The van der Waals surface area contributed by atoms with E-state index in [1.54, 1.807) is 0 Å². The first kappa shape index (κ1) is 12.3. The molecule has 4 heteroatoms. The van der Waals surface area contributed by atoms with Gasteiger partial charge in [-0.3, -0.25) is 4.79 Å². The van der Waals surface area contributed by atoms with Gasteiger partial charge in [-0.05, 0) is 36.6 Å². The van der Waals surface area contributed by atoms with E-state index in [4.69, 9.17) is 28.3 Å². The largest absolute Gasteiger partial charge is 0.480 e. The molecule has 1 aromatic rings. The maximum absolute atomic E-state index is 10.6. The average molecular weight is 247 g/mol. The number of benzene rings is 1. The first-order valence-electron chi connectivity index (χ1n) is 4.54. The van der Waals surface area contributed by atoms with Crippen LogP contribution in [0.1, 0.15) is 16.7 Å². The minimum atomic E-state index is -1.02. The Morgan fingerprint density at radius 1 is 1.47 bits per heavy atom. The van der Waals surface area contributed by atoms with E-state index in [0.717, 1.165) is 16.7 Å². The van der Waals surface area contributed by atoms with E-state index < -0.39 is 11.3 Å². The molecule has 1 aromatic carbocycles. The van der Waals surface area contributed by atoms with Crippen LogP contribution in [0.5, 0.6) is 0 Å². The highest BCUT2D eigenvalue weighted by molar-refractivity contribution is 6.32. The van der Waals surface area contributed by atoms with Gasteiger partial charge in [-0.1, -0.05) is 17.7 Å². The van der Waals surface area contributed by atoms with Crippen molar-refractivity contribution in [2.45, 2.75) is 25.6 Å². The fourth-order valence-electron chi connectivity index (χ4n) is 1.47. The Morgan fingerprint density at radius 3 is 2.53 bits per heavy atom. The van der Waals surface area contributed by atoms with Gasteiger partial charge in [-0.15, -0.1) is 11.6 Å². The number of carboxylic acids is 1. The van der Waals surface area contributed by atoms with Gasteiger partial charge in [0.25, 0.3) is 0 Å². The van der Waals surface area contributed by atoms with Crippen LogP contribution in [0.3, 0.4) is 0 Å². The summed E-state index contributed by atoms with van der Waals surface area (Å²) in [5, 5.41) is 8.36. The van der Waals surface area contributed by atoms with Crippen LogP contribution in [0, 0.1) is 13.8 Å². The predicted molar refractivity (Wildman–Crippen MR) is 61.9 cm³/mol. The van der Waals surface area contributed by atoms with Gasteiger partial charge >= 0.3 is 5.97 Å². The van der Waals surface area contributed by atoms with Crippen LogP contribution in [-0.4, -0.2) is 16.5 Å². The lowest BCUT2D eigenvalue weighted by Gasteiger charge is -2.11. The molecule has 0 heterocycles. The number of aryl methyl sites for hydroxylation is 2. The molecule has 0 radical (unpaired) electrons. The monoisotopic (exact) mass is 246 g/mol. The highest BCUT2D eigenvalue weighted by Crippen LogP contribution is 2.24. The molecule has 0 aliphatic carbocycles. The number of carbonyl (C=O) groups is 1. The van der Waals surface area contributed by atoms with E-state index in [1.807, 2.05) is 26.0 Å². The number of rotatable bonds is 3. The molecule has 2 nitrogen and oxygen atoms in total. The molecular formula is C11H12Cl2O2. The second-order valence-electron chi connectivity index (χ2n) is 3.55. The summed E-state index contributed by atoms with van der Waals surface area (Å²) in [4.78, 5) is 10.6. The summed E-state index contributed by atoms with van der Waals surface area (Å²) in [5.41, 5.74) is 2.85. The SMILES string of the molecule is Cc1cc(C)c(CC(Cl)C(=O)O)c(Cl)c1. The zero-order valence-electron chi connectivity index (χ0n) is 8.55. The van der Waals surface area contributed by atoms with Crippen molar-refractivity contribution in [3.63, 3.8) is 0 Å². The summed E-state index contributed by atoms with van der Waals surface area (Å²) in [5.74, 6) is -1.02. The first-order valence-corrected chi connectivity index (χ1v) is 5.35. The molecule has 0 bridgehead atoms. The fourth-order valence-corrected chi connectivity index (χ4v) is 2.02. The van der Waals surface area contributed by atoms with Crippen molar-refractivity contribution in [3.8, 4) is 0 Å². The van der Waals surface area contributed by atoms with Crippen molar-refractivity contribution in [2.24, 2.45) is 0 Å². The molecule has 1 N–H and O–H groups in total. The van der Waals surface area contributed by atoms with Crippen LogP contribution in [-0.2, 0) is 11.2 Å². The third kappa shape index (κ3) is 3.11. The van der Waals surface area contributed by atoms with Crippen molar-refractivity contribution in [2.75, 3.05) is 0 Å². The zero-order valence-corrected chi connectivity index (χ0v) is 10.1. The van der Waals surface area contributed by atoms with Crippen molar-refractivity contribution in [3.05, 3.63) is 33.8 Å². The molecule has 0 aliphatic heterocycles. The lowest BCUT2D eigenvalue weighted by Crippen LogP contribution is -2.16. The molecule has 0 amide bonds. The molecule has 0 aliphatic rings. The van der Waals surface area contributed by atoms with Gasteiger partial charge in [0.15, 0.2) is 0 Å². The minimum Gasteiger partial charge on any atom is -0.480 e. The van der Waals surface area contributed by atoms with Crippen molar-refractivity contribution < 1.29 is 9.90 Å². The highest BCUT2D eigenvalue weighted by atomic mass is 35.5. The molecule has 1 atom stereocenters. The van der Waals surface area contributed by atoms with Gasteiger partial charge in [0.1, 0.15) is 5.38 Å². The minimum absolute atomic E-state index is 0.252. The summed E-state index contributed by atoms with van der Waals surface area (Å²) >= 11 is 11.7. The Morgan fingerprint density at radius 2 is 2.07 bits per heavy atom. The first-order chi connectivity index (χ1) is 6.91. The molecule has 15 heavy (non-hydrogen) atoms. The van der Waals surface area contributed by atoms with Gasteiger partial charge in [-0.25, -0.2) is 0 Å². The summed E-state index contributed by atoms with van der Waals surface area (Å²) in [6.07, 6.45) is 0.252. The number of alkyl halides is 1. The van der Waals surface area contributed by atoms with Crippen LogP contribution in [0.25, 0.3) is 0 Å². The standard InChI is InChI=1S/C11H12Cl2O2/c1-6-3-7(2)8(9(12)4-6)5-10(13)11(14)15/h3-4,10H,5H2,1-2H3,(H,14,15). The van der Waals surface area contributed by atoms with Crippen LogP contribution in [0.15, 0.2) is 12.1 Å². The maximum Gasteiger partial charge on any atom is 0.321 e. The lowest BCUT2D eigenvalue weighted by molar-refractivity contribution is -0.136. The third-order valence-electron chi connectivity index (χ3n) is 2.21. The summed E-state index contributed by atoms with van der Waals surface area (Å²) in [6.45, 7) is 3.84. The number of aliphatic carboxylic acids is 1. The Hall–Kier alpha value is -0.730. The second-order valence-corrected chi connectivity index (χ2v) is 4.49. The quantitative estimate of drug-likeness (QED) is 0.833. The number of hydrogen-bond donors (Lipinski definition) is 1. The number of carboxylic acid groups (broad SMARTS) is 1. The van der Waals surface area contributed by atoms with Crippen LogP contribution in [0.4, 0.5) is 0 Å². The smallest absolute Gasteiger partial charge is 0.321 e. The topological polar surface area (TPSA) is 37.3 Å². The van der Waals surface area contributed by atoms with Crippen LogP contribution < -0.4 is 0 Å². The summed E-state index contributed by atoms with van der Waals surface area (Å²) in [6, 6.07) is 3.78. The normalized spacial score (nSPS) is 12.5. The molecule has 0 saturated carbocycles. The van der Waals surface area contributed by atoms with Crippen LogP contribution >= 0.6 is 23.2 Å². The number of hydrogen-bond acceptors (Lipinski definition) is 1. The highest BCUT2D eigenvalue weighted by Gasteiger charge is 2.17. The molecule has 0 saturated heterocycles. The molecular weight excluding hydrogens is 235 g/mol. The maximum atomic E-state index is 10.6. The Balaban J connectivity index is 3.00. The van der Waals surface area contributed by atoms with E-state index in [2.05, 4.69) is 0 Å². The Kier molecular flexibility index (Phi) is 4.00. The molecule has 0 aromatic heterocycles. The third-order valence-corrected chi connectivity index (χ3v) is 2.89.